The highest BCUT2D eigenvalue weighted by molar-refractivity contribution is 5.93. The van der Waals surface area contributed by atoms with E-state index in [2.05, 4.69) is 25.2 Å². The SMILES string of the molecule is Cc1cccnc1CNc1ccc([N+](=O)[O-])c2nonc12. The van der Waals surface area contributed by atoms with E-state index in [1.54, 1.807) is 12.3 Å². The molecule has 0 fully saturated rings. The van der Waals surface area contributed by atoms with Gasteiger partial charge in [-0.15, -0.1) is 0 Å². The number of rotatable bonds is 4. The standard InChI is InChI=1S/C13H11N5O3/c1-8-3-2-6-14-10(8)7-15-9-4-5-11(18(19)20)13-12(9)16-21-17-13/h2-6,15H,7H2,1H3. The fourth-order valence-corrected chi connectivity index (χ4v) is 2.03. The van der Waals surface area contributed by atoms with Crippen LogP contribution in [0.15, 0.2) is 35.1 Å². The van der Waals surface area contributed by atoms with Crippen LogP contribution >= 0.6 is 0 Å². The molecule has 0 spiro atoms. The van der Waals surface area contributed by atoms with Crippen LogP contribution < -0.4 is 5.32 Å². The van der Waals surface area contributed by atoms with Gasteiger partial charge in [0.1, 0.15) is 0 Å². The van der Waals surface area contributed by atoms with E-state index in [0.29, 0.717) is 17.7 Å². The van der Waals surface area contributed by atoms with Gasteiger partial charge in [0.2, 0.25) is 5.52 Å². The lowest BCUT2D eigenvalue weighted by Gasteiger charge is -2.07. The quantitative estimate of drug-likeness (QED) is 0.579. The van der Waals surface area contributed by atoms with E-state index in [1.165, 1.54) is 6.07 Å². The molecule has 0 aliphatic rings. The van der Waals surface area contributed by atoms with Gasteiger partial charge in [0.25, 0.3) is 0 Å². The fraction of sp³-hybridized carbons (Fsp3) is 0.154. The smallest absolute Gasteiger partial charge is 0.300 e. The monoisotopic (exact) mass is 285 g/mol. The molecule has 21 heavy (non-hydrogen) atoms. The molecule has 0 aliphatic heterocycles. The Balaban J connectivity index is 1.92. The molecule has 1 aromatic carbocycles. The van der Waals surface area contributed by atoms with Crippen molar-refractivity contribution in [3.8, 4) is 0 Å². The minimum absolute atomic E-state index is 0.128. The molecule has 8 heteroatoms. The number of anilines is 1. The number of aryl methyl sites for hydroxylation is 1. The molecular formula is C13H11N5O3. The van der Waals surface area contributed by atoms with Crippen LogP contribution in [0.25, 0.3) is 11.0 Å². The number of fused-ring (bicyclic) bond motifs is 1. The maximum absolute atomic E-state index is 10.9. The Hall–Kier alpha value is -3.03. The van der Waals surface area contributed by atoms with Crippen LogP contribution in [0.5, 0.6) is 0 Å². The molecule has 0 bridgehead atoms. The summed E-state index contributed by atoms with van der Waals surface area (Å²) in [5, 5.41) is 21.4. The van der Waals surface area contributed by atoms with E-state index in [9.17, 15) is 10.1 Å². The molecule has 2 aromatic heterocycles. The van der Waals surface area contributed by atoms with Crippen LogP contribution in [0.2, 0.25) is 0 Å². The average Bonchev–Trinajstić information content (AvgIpc) is 2.95. The molecule has 0 aliphatic carbocycles. The molecule has 106 valence electrons. The van der Waals surface area contributed by atoms with E-state index in [1.807, 2.05) is 19.1 Å². The molecule has 0 saturated carbocycles. The van der Waals surface area contributed by atoms with Crippen molar-refractivity contribution in [2.75, 3.05) is 5.32 Å². The largest absolute Gasteiger partial charge is 0.377 e. The third-order valence-corrected chi connectivity index (χ3v) is 3.15. The summed E-state index contributed by atoms with van der Waals surface area (Å²) in [7, 11) is 0. The number of non-ortho nitro benzene ring substituents is 1. The second-order valence-corrected chi connectivity index (χ2v) is 4.47. The summed E-state index contributed by atoms with van der Waals surface area (Å²) in [6.07, 6.45) is 1.72. The maximum atomic E-state index is 10.9. The van der Waals surface area contributed by atoms with Crippen LogP contribution in [0.1, 0.15) is 11.3 Å². The first-order chi connectivity index (χ1) is 10.2. The predicted molar refractivity (Wildman–Crippen MR) is 74.8 cm³/mol. The average molecular weight is 285 g/mol. The van der Waals surface area contributed by atoms with Crippen LogP contribution in [0.4, 0.5) is 11.4 Å². The summed E-state index contributed by atoms with van der Waals surface area (Å²) in [6.45, 7) is 2.44. The van der Waals surface area contributed by atoms with Crippen LogP contribution in [-0.2, 0) is 6.54 Å². The predicted octanol–water partition coefficient (Wildman–Crippen LogP) is 2.45. The minimum atomic E-state index is -0.515. The van der Waals surface area contributed by atoms with Crippen molar-refractivity contribution >= 4 is 22.4 Å². The lowest BCUT2D eigenvalue weighted by Crippen LogP contribution is -2.04. The Morgan fingerprint density at radius 1 is 1.29 bits per heavy atom. The molecule has 2 heterocycles. The number of aromatic nitrogens is 3. The van der Waals surface area contributed by atoms with Gasteiger partial charge in [0.15, 0.2) is 5.52 Å². The summed E-state index contributed by atoms with van der Waals surface area (Å²) in [4.78, 5) is 14.7. The highest BCUT2D eigenvalue weighted by Crippen LogP contribution is 2.28. The van der Waals surface area contributed by atoms with E-state index >= 15 is 0 Å². The van der Waals surface area contributed by atoms with Crippen molar-refractivity contribution < 1.29 is 9.55 Å². The maximum Gasteiger partial charge on any atom is 0.300 e. The van der Waals surface area contributed by atoms with Crippen LogP contribution in [-0.4, -0.2) is 20.2 Å². The van der Waals surface area contributed by atoms with Crippen molar-refractivity contribution in [3.05, 3.63) is 51.8 Å². The second kappa shape index (κ2) is 5.16. The first-order valence-corrected chi connectivity index (χ1v) is 6.21. The number of hydrogen-bond donors (Lipinski definition) is 1. The highest BCUT2D eigenvalue weighted by atomic mass is 16.6. The zero-order chi connectivity index (χ0) is 14.8. The normalized spacial score (nSPS) is 10.7. The van der Waals surface area contributed by atoms with Crippen molar-refractivity contribution in [2.24, 2.45) is 0 Å². The van der Waals surface area contributed by atoms with Gasteiger partial charge >= 0.3 is 5.69 Å². The van der Waals surface area contributed by atoms with E-state index in [4.69, 9.17) is 0 Å². The molecule has 1 N–H and O–H groups in total. The first kappa shape index (κ1) is 13.0. The van der Waals surface area contributed by atoms with Crippen molar-refractivity contribution in [2.45, 2.75) is 13.5 Å². The number of nitrogens with zero attached hydrogens (tertiary/aromatic N) is 4. The van der Waals surface area contributed by atoms with Gasteiger partial charge in [-0.25, -0.2) is 4.63 Å². The topological polar surface area (TPSA) is 107 Å². The van der Waals surface area contributed by atoms with Gasteiger partial charge < -0.3 is 5.32 Å². The van der Waals surface area contributed by atoms with E-state index in [-0.39, 0.29) is 11.2 Å². The third kappa shape index (κ3) is 2.38. The Morgan fingerprint density at radius 2 is 2.10 bits per heavy atom. The van der Waals surface area contributed by atoms with Crippen molar-refractivity contribution in [1.29, 1.82) is 0 Å². The Bertz CT molecular complexity index is 814. The van der Waals surface area contributed by atoms with E-state index < -0.39 is 4.92 Å². The fourth-order valence-electron chi connectivity index (χ4n) is 2.03. The molecule has 3 aromatic rings. The molecule has 0 unspecified atom stereocenters. The van der Waals surface area contributed by atoms with Crippen LogP contribution in [0.3, 0.4) is 0 Å². The zero-order valence-corrected chi connectivity index (χ0v) is 11.1. The minimum Gasteiger partial charge on any atom is -0.377 e. The number of nitro benzene ring substituents is 1. The van der Waals surface area contributed by atoms with Crippen molar-refractivity contribution in [1.82, 2.24) is 15.3 Å². The van der Waals surface area contributed by atoms with Gasteiger partial charge in [-0.05, 0) is 34.9 Å². The molecule has 0 saturated heterocycles. The lowest BCUT2D eigenvalue weighted by atomic mass is 10.2. The molecule has 8 nitrogen and oxygen atoms in total. The Labute approximate surface area is 118 Å². The van der Waals surface area contributed by atoms with Gasteiger partial charge in [-0.1, -0.05) is 6.07 Å². The van der Waals surface area contributed by atoms with Gasteiger partial charge in [0, 0.05) is 12.3 Å². The van der Waals surface area contributed by atoms with Crippen molar-refractivity contribution in [3.63, 3.8) is 0 Å². The molecule has 0 amide bonds. The molecule has 0 atom stereocenters. The number of nitrogens with one attached hydrogen (secondary N) is 1. The summed E-state index contributed by atoms with van der Waals surface area (Å²) in [5.74, 6) is 0. The van der Waals surface area contributed by atoms with Crippen LogP contribution in [0, 0.1) is 17.0 Å². The molecule has 3 rings (SSSR count). The van der Waals surface area contributed by atoms with Gasteiger partial charge in [-0.3, -0.25) is 15.1 Å². The second-order valence-electron chi connectivity index (χ2n) is 4.47. The number of nitro groups is 1. The Kier molecular flexibility index (Phi) is 3.19. The van der Waals surface area contributed by atoms with Gasteiger partial charge in [-0.2, -0.15) is 0 Å². The lowest BCUT2D eigenvalue weighted by molar-refractivity contribution is -0.383. The highest BCUT2D eigenvalue weighted by Gasteiger charge is 2.19. The summed E-state index contributed by atoms with van der Waals surface area (Å²) >= 11 is 0. The number of benzene rings is 1. The summed E-state index contributed by atoms with van der Waals surface area (Å²) in [5.41, 5.74) is 2.88. The molecular weight excluding hydrogens is 274 g/mol. The van der Waals surface area contributed by atoms with E-state index in [0.717, 1.165) is 11.3 Å². The summed E-state index contributed by atoms with van der Waals surface area (Å²) in [6, 6.07) is 6.79. The Morgan fingerprint density at radius 3 is 2.86 bits per heavy atom. The third-order valence-electron chi connectivity index (χ3n) is 3.15. The summed E-state index contributed by atoms with van der Waals surface area (Å²) < 4.78 is 4.61. The molecule has 0 radical (unpaired) electrons. The first-order valence-electron chi connectivity index (χ1n) is 6.21. The number of pyridine rings is 1. The zero-order valence-electron chi connectivity index (χ0n) is 11.1. The van der Waals surface area contributed by atoms with Gasteiger partial charge in [0.05, 0.1) is 22.8 Å². The number of hydrogen-bond acceptors (Lipinski definition) is 7.